The zero-order chi connectivity index (χ0) is 10.1. The molecule has 0 aromatic rings. The van der Waals surface area contributed by atoms with Gasteiger partial charge >= 0.3 is 0 Å². The van der Waals surface area contributed by atoms with Crippen molar-refractivity contribution < 1.29 is 15.0 Å². The number of rotatable bonds is 7. The number of hydrogen-bond donors (Lipinski definition) is 4. The van der Waals surface area contributed by atoms with Crippen LogP contribution in [0.4, 0.5) is 0 Å². The zero-order valence-corrected chi connectivity index (χ0v) is 7.92. The summed E-state index contributed by atoms with van der Waals surface area (Å²) >= 11 is 0. The first-order valence-electron chi connectivity index (χ1n) is 4.46. The van der Waals surface area contributed by atoms with Crippen LogP contribution in [0.25, 0.3) is 0 Å². The smallest absolute Gasteiger partial charge is 0.233 e. The van der Waals surface area contributed by atoms with Crippen molar-refractivity contribution in [1.29, 1.82) is 0 Å². The summed E-state index contributed by atoms with van der Waals surface area (Å²) < 4.78 is 0. The highest BCUT2D eigenvalue weighted by molar-refractivity contribution is 5.77. The quantitative estimate of drug-likeness (QED) is 0.392. The van der Waals surface area contributed by atoms with E-state index in [0.29, 0.717) is 6.54 Å². The van der Waals surface area contributed by atoms with Gasteiger partial charge in [0.25, 0.3) is 0 Å². The third kappa shape index (κ3) is 6.51. The minimum atomic E-state index is -0.410. The Morgan fingerprint density at radius 2 is 2.00 bits per heavy atom. The molecular weight excluding hydrogens is 172 g/mol. The number of hydrogen-bond acceptors (Lipinski definition) is 4. The highest BCUT2D eigenvalue weighted by Crippen LogP contribution is 1.78. The Labute approximate surface area is 78.1 Å². The molecule has 1 amide bonds. The molecule has 0 saturated carbocycles. The van der Waals surface area contributed by atoms with Crippen molar-refractivity contribution in [2.75, 3.05) is 26.3 Å². The Morgan fingerprint density at radius 1 is 1.38 bits per heavy atom. The van der Waals surface area contributed by atoms with Gasteiger partial charge in [-0.2, -0.15) is 0 Å². The fourth-order valence-electron chi connectivity index (χ4n) is 0.751. The van der Waals surface area contributed by atoms with Crippen LogP contribution in [0.3, 0.4) is 0 Å². The van der Waals surface area contributed by atoms with Crippen LogP contribution in [-0.2, 0) is 4.79 Å². The lowest BCUT2D eigenvalue weighted by atomic mass is 10.3. The van der Waals surface area contributed by atoms with Gasteiger partial charge in [-0.15, -0.1) is 0 Å². The number of aliphatic hydroxyl groups is 2. The van der Waals surface area contributed by atoms with Crippen molar-refractivity contribution in [2.24, 2.45) is 0 Å². The second-order valence-electron chi connectivity index (χ2n) is 2.79. The van der Waals surface area contributed by atoms with E-state index in [4.69, 9.17) is 10.2 Å². The Hall–Kier alpha value is -0.650. The van der Waals surface area contributed by atoms with E-state index >= 15 is 0 Å². The van der Waals surface area contributed by atoms with E-state index in [1.807, 2.05) is 6.92 Å². The van der Waals surface area contributed by atoms with E-state index in [1.165, 1.54) is 0 Å². The third-order valence-corrected chi connectivity index (χ3v) is 1.56. The molecule has 0 fully saturated rings. The summed E-state index contributed by atoms with van der Waals surface area (Å²) in [6.45, 7) is 2.42. The summed E-state index contributed by atoms with van der Waals surface area (Å²) in [5.74, 6) is -0.117. The molecule has 0 radical (unpaired) electrons. The molecular formula is C8H18N2O3. The molecule has 0 aliphatic carbocycles. The predicted molar refractivity (Wildman–Crippen MR) is 49.3 cm³/mol. The fraction of sp³-hybridized carbons (Fsp3) is 0.875. The summed E-state index contributed by atoms with van der Waals surface area (Å²) in [6, 6.07) is -0.410. The van der Waals surface area contributed by atoms with Crippen molar-refractivity contribution in [3.8, 4) is 0 Å². The van der Waals surface area contributed by atoms with Gasteiger partial charge in [-0.25, -0.2) is 0 Å². The SMILES string of the molecule is CCCNC(=O)CNC(CO)CO. The second kappa shape index (κ2) is 7.97. The summed E-state index contributed by atoms with van der Waals surface area (Å²) in [4.78, 5) is 11.0. The van der Waals surface area contributed by atoms with Gasteiger partial charge in [-0.05, 0) is 6.42 Å². The zero-order valence-electron chi connectivity index (χ0n) is 7.92. The maximum Gasteiger partial charge on any atom is 0.233 e. The molecule has 13 heavy (non-hydrogen) atoms. The van der Waals surface area contributed by atoms with Gasteiger partial charge in [0.2, 0.25) is 5.91 Å². The highest BCUT2D eigenvalue weighted by Gasteiger charge is 2.06. The molecule has 0 aromatic carbocycles. The second-order valence-corrected chi connectivity index (χ2v) is 2.79. The van der Waals surface area contributed by atoms with Crippen LogP contribution in [0.5, 0.6) is 0 Å². The van der Waals surface area contributed by atoms with Crippen molar-refractivity contribution >= 4 is 5.91 Å². The van der Waals surface area contributed by atoms with E-state index < -0.39 is 6.04 Å². The fourth-order valence-corrected chi connectivity index (χ4v) is 0.751. The summed E-state index contributed by atoms with van der Waals surface area (Å²) in [6.07, 6.45) is 0.898. The molecule has 5 heteroatoms. The predicted octanol–water partition coefficient (Wildman–Crippen LogP) is -1.54. The van der Waals surface area contributed by atoms with E-state index in [1.54, 1.807) is 0 Å². The van der Waals surface area contributed by atoms with Crippen LogP contribution in [0.1, 0.15) is 13.3 Å². The minimum absolute atomic E-state index is 0.117. The van der Waals surface area contributed by atoms with Gasteiger partial charge in [0.05, 0.1) is 25.8 Å². The van der Waals surface area contributed by atoms with Gasteiger partial charge < -0.3 is 20.8 Å². The van der Waals surface area contributed by atoms with Crippen LogP contribution in [0.2, 0.25) is 0 Å². The molecule has 0 unspecified atom stereocenters. The third-order valence-electron chi connectivity index (χ3n) is 1.56. The van der Waals surface area contributed by atoms with Crippen molar-refractivity contribution in [2.45, 2.75) is 19.4 Å². The summed E-state index contributed by atoms with van der Waals surface area (Å²) in [5.41, 5.74) is 0. The van der Waals surface area contributed by atoms with Crippen molar-refractivity contribution in [1.82, 2.24) is 10.6 Å². The van der Waals surface area contributed by atoms with Crippen LogP contribution in [0.15, 0.2) is 0 Å². The average molecular weight is 190 g/mol. The maximum atomic E-state index is 11.0. The lowest BCUT2D eigenvalue weighted by molar-refractivity contribution is -0.120. The molecule has 5 nitrogen and oxygen atoms in total. The molecule has 0 bridgehead atoms. The topological polar surface area (TPSA) is 81.6 Å². The van der Waals surface area contributed by atoms with Crippen molar-refractivity contribution in [3.05, 3.63) is 0 Å². The average Bonchev–Trinajstić information content (AvgIpc) is 2.16. The van der Waals surface area contributed by atoms with E-state index in [9.17, 15) is 4.79 Å². The number of nitrogens with one attached hydrogen (secondary N) is 2. The largest absolute Gasteiger partial charge is 0.395 e. The number of aliphatic hydroxyl groups excluding tert-OH is 2. The molecule has 0 atom stereocenters. The first-order valence-corrected chi connectivity index (χ1v) is 4.46. The first kappa shape index (κ1) is 12.3. The number of amides is 1. The van der Waals surface area contributed by atoms with Gasteiger partial charge in [-0.1, -0.05) is 6.92 Å². The standard InChI is InChI=1S/C8H18N2O3/c1-2-3-9-8(13)4-10-7(5-11)6-12/h7,10-12H,2-6H2,1H3,(H,9,13). The van der Waals surface area contributed by atoms with Gasteiger partial charge in [-0.3, -0.25) is 4.79 Å². The van der Waals surface area contributed by atoms with Crippen LogP contribution in [0, 0.1) is 0 Å². The molecule has 0 aliphatic heterocycles. The molecule has 0 saturated heterocycles. The van der Waals surface area contributed by atoms with Crippen LogP contribution in [-0.4, -0.2) is 48.5 Å². The summed E-state index contributed by atoms with van der Waals surface area (Å²) in [7, 11) is 0. The van der Waals surface area contributed by atoms with Gasteiger partial charge in [0.1, 0.15) is 0 Å². The number of carbonyl (C=O) groups is 1. The molecule has 0 spiro atoms. The van der Waals surface area contributed by atoms with Crippen LogP contribution < -0.4 is 10.6 Å². The number of carbonyl (C=O) groups excluding carboxylic acids is 1. The first-order chi connectivity index (χ1) is 6.24. The maximum absolute atomic E-state index is 11.0. The molecule has 4 N–H and O–H groups in total. The molecule has 0 rings (SSSR count). The Morgan fingerprint density at radius 3 is 2.46 bits per heavy atom. The van der Waals surface area contributed by atoms with Crippen LogP contribution >= 0.6 is 0 Å². The van der Waals surface area contributed by atoms with E-state index in [-0.39, 0.29) is 25.7 Å². The normalized spacial score (nSPS) is 10.5. The lowest BCUT2D eigenvalue weighted by Crippen LogP contribution is -2.42. The van der Waals surface area contributed by atoms with Gasteiger partial charge in [0.15, 0.2) is 0 Å². The lowest BCUT2D eigenvalue weighted by Gasteiger charge is -2.12. The molecule has 0 aromatic heterocycles. The Balaban J connectivity index is 3.44. The Kier molecular flexibility index (Phi) is 7.57. The monoisotopic (exact) mass is 190 g/mol. The highest BCUT2D eigenvalue weighted by atomic mass is 16.3. The molecule has 0 aliphatic rings. The minimum Gasteiger partial charge on any atom is -0.395 e. The van der Waals surface area contributed by atoms with Crippen molar-refractivity contribution in [3.63, 3.8) is 0 Å². The Bertz CT molecular complexity index is 137. The molecule has 0 heterocycles. The summed E-state index contributed by atoms with van der Waals surface area (Å²) in [5, 5.41) is 22.7. The van der Waals surface area contributed by atoms with E-state index in [0.717, 1.165) is 6.42 Å². The molecule has 78 valence electrons. The van der Waals surface area contributed by atoms with E-state index in [2.05, 4.69) is 10.6 Å². The van der Waals surface area contributed by atoms with Gasteiger partial charge in [0, 0.05) is 6.54 Å².